The maximum atomic E-state index is 12.3. The quantitative estimate of drug-likeness (QED) is 0.917. The van der Waals surface area contributed by atoms with E-state index in [-0.39, 0.29) is 18.0 Å². The minimum absolute atomic E-state index is 0.0803. The Balaban J connectivity index is 1.99. The Bertz CT molecular complexity index is 604. The lowest BCUT2D eigenvalue weighted by Crippen LogP contribution is -2.49. The van der Waals surface area contributed by atoms with Gasteiger partial charge in [-0.3, -0.25) is 4.79 Å². The average molecular weight is 285 g/mol. The van der Waals surface area contributed by atoms with Gasteiger partial charge in [0.2, 0.25) is 5.91 Å². The van der Waals surface area contributed by atoms with Crippen LogP contribution in [0.15, 0.2) is 18.2 Å². The highest BCUT2D eigenvalue weighted by Gasteiger charge is 2.43. The molecule has 0 radical (unpaired) electrons. The van der Waals surface area contributed by atoms with E-state index >= 15 is 0 Å². The molecule has 3 rings (SSSR count). The maximum Gasteiger partial charge on any atom is 0.223 e. The van der Waals surface area contributed by atoms with E-state index < -0.39 is 0 Å². The molecule has 1 amide bonds. The van der Waals surface area contributed by atoms with Crippen molar-refractivity contribution in [3.63, 3.8) is 0 Å². The van der Waals surface area contributed by atoms with Crippen molar-refractivity contribution in [1.29, 1.82) is 5.26 Å². The fraction of sp³-hybridized carbons (Fsp3) is 0.500. The number of methoxy groups -OCH3 is 1. The lowest BCUT2D eigenvalue weighted by atomic mass is 9.89. The van der Waals surface area contributed by atoms with Gasteiger partial charge in [0.05, 0.1) is 18.7 Å². The number of piperidine rings is 1. The van der Waals surface area contributed by atoms with Gasteiger partial charge in [-0.15, -0.1) is 0 Å². The predicted octanol–water partition coefficient (Wildman–Crippen LogP) is 1.72. The van der Waals surface area contributed by atoms with Crippen LogP contribution in [0.5, 0.6) is 5.75 Å². The number of carbonyl (C=O) groups excluding carboxylic acids is 1. The van der Waals surface area contributed by atoms with Gasteiger partial charge >= 0.3 is 0 Å². The third kappa shape index (κ3) is 2.47. The van der Waals surface area contributed by atoms with Gasteiger partial charge in [-0.25, -0.2) is 0 Å². The number of benzene rings is 1. The molecule has 1 aromatic carbocycles. The van der Waals surface area contributed by atoms with Crippen molar-refractivity contribution in [1.82, 2.24) is 4.90 Å². The number of nitriles is 1. The van der Waals surface area contributed by atoms with Crippen LogP contribution in [0.4, 0.5) is 0 Å². The summed E-state index contributed by atoms with van der Waals surface area (Å²) in [6.07, 6.45) is 3.32. The number of ether oxygens (including phenoxy) is 1. The van der Waals surface area contributed by atoms with Crippen LogP contribution in [0.1, 0.15) is 42.9 Å². The minimum Gasteiger partial charge on any atom is -0.495 e. The Hall–Kier alpha value is -2.06. The highest BCUT2D eigenvalue weighted by molar-refractivity contribution is 5.78. The van der Waals surface area contributed by atoms with Crippen molar-refractivity contribution in [3.05, 3.63) is 29.3 Å². The van der Waals surface area contributed by atoms with E-state index in [1.54, 1.807) is 19.2 Å². The predicted molar refractivity (Wildman–Crippen MR) is 77.5 cm³/mol. The van der Waals surface area contributed by atoms with Crippen LogP contribution < -0.4 is 10.5 Å². The molecule has 2 unspecified atom stereocenters. The zero-order valence-electron chi connectivity index (χ0n) is 12.1. The Morgan fingerprint density at radius 2 is 2.14 bits per heavy atom. The molecule has 2 N–H and O–H groups in total. The van der Waals surface area contributed by atoms with Crippen LogP contribution in [0.3, 0.4) is 0 Å². The largest absolute Gasteiger partial charge is 0.495 e. The first-order chi connectivity index (χ1) is 10.2. The van der Waals surface area contributed by atoms with Gasteiger partial charge in [-0.05, 0) is 37.0 Å². The van der Waals surface area contributed by atoms with Crippen molar-refractivity contribution < 1.29 is 9.53 Å². The van der Waals surface area contributed by atoms with E-state index in [4.69, 9.17) is 10.5 Å². The fourth-order valence-corrected chi connectivity index (χ4v) is 3.13. The number of carbonyl (C=O) groups is 1. The molecule has 1 aliphatic carbocycles. The Morgan fingerprint density at radius 1 is 1.38 bits per heavy atom. The van der Waals surface area contributed by atoms with E-state index in [1.807, 2.05) is 11.0 Å². The summed E-state index contributed by atoms with van der Waals surface area (Å²) in [4.78, 5) is 14.2. The number of hydrogen-bond acceptors (Lipinski definition) is 4. The van der Waals surface area contributed by atoms with Crippen molar-refractivity contribution in [2.75, 3.05) is 7.11 Å². The van der Waals surface area contributed by atoms with Crippen molar-refractivity contribution >= 4 is 5.91 Å². The Kier molecular flexibility index (Phi) is 3.56. The highest BCUT2D eigenvalue weighted by atomic mass is 16.5. The van der Waals surface area contributed by atoms with E-state index in [1.165, 1.54) is 0 Å². The topological polar surface area (TPSA) is 79.3 Å². The molecule has 1 saturated carbocycles. The average Bonchev–Trinajstić information content (AvgIpc) is 3.33. The molecular formula is C16H19N3O2. The Labute approximate surface area is 124 Å². The zero-order valence-corrected chi connectivity index (χ0v) is 12.1. The van der Waals surface area contributed by atoms with Crippen LogP contribution >= 0.6 is 0 Å². The fourth-order valence-electron chi connectivity index (χ4n) is 3.13. The van der Waals surface area contributed by atoms with Crippen molar-refractivity contribution in [2.24, 2.45) is 5.73 Å². The summed E-state index contributed by atoms with van der Waals surface area (Å²) in [6, 6.07) is 7.76. The first kappa shape index (κ1) is 13.9. The summed E-state index contributed by atoms with van der Waals surface area (Å²) in [6.45, 7) is 0. The van der Waals surface area contributed by atoms with Crippen LogP contribution in [-0.4, -0.2) is 30.0 Å². The molecule has 1 heterocycles. The van der Waals surface area contributed by atoms with E-state index in [9.17, 15) is 10.1 Å². The number of hydrogen-bond donors (Lipinski definition) is 1. The number of amides is 1. The Morgan fingerprint density at radius 3 is 2.76 bits per heavy atom. The first-order valence-corrected chi connectivity index (χ1v) is 7.30. The molecule has 2 aliphatic rings. The second-order valence-corrected chi connectivity index (χ2v) is 5.75. The molecule has 21 heavy (non-hydrogen) atoms. The second kappa shape index (κ2) is 5.38. The van der Waals surface area contributed by atoms with E-state index in [2.05, 4.69) is 6.07 Å². The van der Waals surface area contributed by atoms with Gasteiger partial charge in [-0.2, -0.15) is 5.26 Å². The summed E-state index contributed by atoms with van der Waals surface area (Å²) in [7, 11) is 1.54. The summed E-state index contributed by atoms with van der Waals surface area (Å²) in [5.41, 5.74) is 7.70. The van der Waals surface area contributed by atoms with Gasteiger partial charge in [0.15, 0.2) is 0 Å². The van der Waals surface area contributed by atoms with E-state index in [0.29, 0.717) is 30.2 Å². The van der Waals surface area contributed by atoms with Crippen LogP contribution in [-0.2, 0) is 4.79 Å². The minimum atomic E-state index is -0.128. The van der Waals surface area contributed by atoms with Crippen LogP contribution in [0.25, 0.3) is 0 Å². The van der Waals surface area contributed by atoms with Gasteiger partial charge in [0.1, 0.15) is 11.8 Å². The van der Waals surface area contributed by atoms with Crippen LogP contribution in [0.2, 0.25) is 0 Å². The second-order valence-electron chi connectivity index (χ2n) is 5.75. The summed E-state index contributed by atoms with van der Waals surface area (Å²) < 4.78 is 5.18. The van der Waals surface area contributed by atoms with Crippen LogP contribution in [0, 0.1) is 11.3 Å². The third-order valence-electron chi connectivity index (χ3n) is 4.31. The monoisotopic (exact) mass is 285 g/mol. The smallest absolute Gasteiger partial charge is 0.223 e. The third-order valence-corrected chi connectivity index (χ3v) is 4.31. The molecule has 2 fully saturated rings. The molecule has 1 aliphatic heterocycles. The number of likely N-dealkylation sites (tertiary alicyclic amines) is 1. The standard InChI is InChI=1S/C16H19N3O2/c1-21-14-6-2-10(8-11(14)9-17)16-13(18)5-7-15(20)19(16)12-3-4-12/h2,6,8,12-13,16H,3-5,7,18H2,1H3. The zero-order chi connectivity index (χ0) is 15.0. The first-order valence-electron chi connectivity index (χ1n) is 7.30. The number of nitrogens with zero attached hydrogens (tertiary/aromatic N) is 2. The van der Waals surface area contributed by atoms with Gasteiger partial charge in [0.25, 0.3) is 0 Å². The lowest BCUT2D eigenvalue weighted by Gasteiger charge is -2.40. The molecule has 2 atom stereocenters. The summed E-state index contributed by atoms with van der Waals surface area (Å²) in [5.74, 6) is 0.730. The molecule has 0 aromatic heterocycles. The van der Waals surface area contributed by atoms with Gasteiger partial charge in [0, 0.05) is 18.5 Å². The number of rotatable bonds is 3. The molecule has 5 heteroatoms. The van der Waals surface area contributed by atoms with Gasteiger partial charge in [-0.1, -0.05) is 6.07 Å². The summed E-state index contributed by atoms with van der Waals surface area (Å²) >= 11 is 0. The van der Waals surface area contributed by atoms with Crippen molar-refractivity contribution in [3.8, 4) is 11.8 Å². The number of nitrogens with two attached hydrogens (primary N) is 1. The molecule has 1 saturated heterocycles. The van der Waals surface area contributed by atoms with Crippen molar-refractivity contribution in [2.45, 2.75) is 43.8 Å². The SMILES string of the molecule is COc1ccc(C2C(N)CCC(=O)N2C2CC2)cc1C#N. The molecule has 0 bridgehead atoms. The highest BCUT2D eigenvalue weighted by Crippen LogP contribution is 2.40. The van der Waals surface area contributed by atoms with Gasteiger partial charge < -0.3 is 15.4 Å². The maximum absolute atomic E-state index is 12.3. The summed E-state index contributed by atoms with van der Waals surface area (Å²) in [5, 5.41) is 9.24. The molecule has 1 aromatic rings. The normalized spacial score (nSPS) is 25.6. The molecule has 0 spiro atoms. The molecule has 5 nitrogen and oxygen atoms in total. The molecular weight excluding hydrogens is 266 g/mol. The van der Waals surface area contributed by atoms with E-state index in [0.717, 1.165) is 18.4 Å². The lowest BCUT2D eigenvalue weighted by molar-refractivity contribution is -0.138. The molecule has 110 valence electrons.